The molecule has 0 aliphatic carbocycles. The van der Waals surface area contributed by atoms with E-state index in [-0.39, 0.29) is 24.2 Å². The van der Waals surface area contributed by atoms with Gasteiger partial charge in [0.25, 0.3) is 0 Å². The molecule has 4 nitrogen and oxygen atoms in total. The van der Waals surface area contributed by atoms with E-state index < -0.39 is 5.41 Å². The molecule has 2 rings (SSSR count). The second kappa shape index (κ2) is 8.18. The fraction of sp³-hybridized carbons (Fsp3) is 0.529. The second-order valence-electron chi connectivity index (χ2n) is 5.54. The summed E-state index contributed by atoms with van der Waals surface area (Å²) < 4.78 is 0. The molecule has 1 heterocycles. The van der Waals surface area contributed by atoms with Gasteiger partial charge in [-0.3, -0.25) is 9.59 Å². The number of carbonyl (C=O) groups excluding carboxylic acids is 2. The number of halogens is 1. The summed E-state index contributed by atoms with van der Waals surface area (Å²) in [6.45, 7) is 5.75. The molecule has 0 unspecified atom stereocenters. The molecule has 0 radical (unpaired) electrons. The Labute approximate surface area is 138 Å². The standard InChI is InChI=1S/C17H24N2O2.ClH/c1-3-15(20)19-12-10-17(11-13-19,16(21)18-4-2)14-8-6-5-7-9-14;/h5-9H,3-4,10-13H2,1-2H3,(H,18,21);1H. The molecule has 1 N–H and O–H groups in total. The highest BCUT2D eigenvalue weighted by Gasteiger charge is 2.43. The largest absolute Gasteiger partial charge is 0.356 e. The van der Waals surface area contributed by atoms with Crippen LogP contribution in [0.2, 0.25) is 0 Å². The molecular weight excluding hydrogens is 300 g/mol. The molecule has 1 aliphatic heterocycles. The smallest absolute Gasteiger partial charge is 0.230 e. The first-order valence-electron chi connectivity index (χ1n) is 7.75. The zero-order chi connectivity index (χ0) is 15.3. The number of likely N-dealkylation sites (tertiary alicyclic amines) is 1. The molecule has 1 fully saturated rings. The Kier molecular flexibility index (Phi) is 6.88. The van der Waals surface area contributed by atoms with Crippen LogP contribution in [0.4, 0.5) is 0 Å². The highest BCUT2D eigenvalue weighted by Crippen LogP contribution is 2.36. The molecule has 1 saturated heterocycles. The van der Waals surface area contributed by atoms with Crippen molar-refractivity contribution in [3.05, 3.63) is 35.9 Å². The third-order valence-electron chi connectivity index (χ3n) is 4.37. The van der Waals surface area contributed by atoms with Crippen LogP contribution >= 0.6 is 12.4 Å². The monoisotopic (exact) mass is 324 g/mol. The zero-order valence-corrected chi connectivity index (χ0v) is 14.1. The van der Waals surface area contributed by atoms with Gasteiger partial charge in [0, 0.05) is 26.1 Å². The topological polar surface area (TPSA) is 49.4 Å². The Morgan fingerprint density at radius 1 is 1.14 bits per heavy atom. The first-order chi connectivity index (χ1) is 10.1. The van der Waals surface area contributed by atoms with Gasteiger partial charge in [-0.15, -0.1) is 12.4 Å². The number of benzene rings is 1. The van der Waals surface area contributed by atoms with Crippen molar-refractivity contribution < 1.29 is 9.59 Å². The highest BCUT2D eigenvalue weighted by atomic mass is 35.5. The van der Waals surface area contributed by atoms with E-state index in [4.69, 9.17) is 0 Å². The molecule has 1 aromatic rings. The van der Waals surface area contributed by atoms with Gasteiger partial charge in [-0.25, -0.2) is 0 Å². The predicted molar refractivity (Wildman–Crippen MR) is 90.2 cm³/mol. The normalized spacial score (nSPS) is 16.5. The van der Waals surface area contributed by atoms with Crippen LogP contribution in [0.15, 0.2) is 30.3 Å². The Balaban J connectivity index is 0.00000242. The van der Waals surface area contributed by atoms with E-state index in [0.29, 0.717) is 38.9 Å². The van der Waals surface area contributed by atoms with Crippen LogP contribution < -0.4 is 5.32 Å². The average molecular weight is 325 g/mol. The van der Waals surface area contributed by atoms with Gasteiger partial charge in [0.2, 0.25) is 11.8 Å². The number of likely N-dealkylation sites (N-methyl/N-ethyl adjacent to an activating group) is 1. The maximum Gasteiger partial charge on any atom is 0.230 e. The van der Waals surface area contributed by atoms with Crippen LogP contribution in [-0.4, -0.2) is 36.3 Å². The number of piperidine rings is 1. The number of hydrogen-bond acceptors (Lipinski definition) is 2. The molecule has 1 aliphatic rings. The van der Waals surface area contributed by atoms with Crippen molar-refractivity contribution in [3.63, 3.8) is 0 Å². The van der Waals surface area contributed by atoms with Gasteiger partial charge < -0.3 is 10.2 Å². The summed E-state index contributed by atoms with van der Waals surface area (Å²) in [7, 11) is 0. The maximum absolute atomic E-state index is 12.7. The van der Waals surface area contributed by atoms with Crippen molar-refractivity contribution in [1.82, 2.24) is 10.2 Å². The molecule has 22 heavy (non-hydrogen) atoms. The zero-order valence-electron chi connectivity index (χ0n) is 13.3. The van der Waals surface area contributed by atoms with Gasteiger partial charge >= 0.3 is 0 Å². The van der Waals surface area contributed by atoms with Crippen molar-refractivity contribution in [2.45, 2.75) is 38.5 Å². The van der Waals surface area contributed by atoms with Crippen molar-refractivity contribution in [1.29, 1.82) is 0 Å². The molecule has 0 aromatic heterocycles. The molecule has 0 spiro atoms. The van der Waals surface area contributed by atoms with Gasteiger partial charge in [0.05, 0.1) is 5.41 Å². The molecule has 0 bridgehead atoms. The lowest BCUT2D eigenvalue weighted by atomic mass is 9.72. The highest BCUT2D eigenvalue weighted by molar-refractivity contribution is 5.88. The number of carbonyl (C=O) groups is 2. The van der Waals surface area contributed by atoms with Gasteiger partial charge in [-0.05, 0) is 25.3 Å². The van der Waals surface area contributed by atoms with Crippen LogP contribution in [0.1, 0.15) is 38.7 Å². The molecule has 0 saturated carbocycles. The van der Waals surface area contributed by atoms with Crippen molar-refractivity contribution in [2.75, 3.05) is 19.6 Å². The van der Waals surface area contributed by atoms with Gasteiger partial charge in [-0.1, -0.05) is 37.3 Å². The Morgan fingerprint density at radius 2 is 1.73 bits per heavy atom. The summed E-state index contributed by atoms with van der Waals surface area (Å²) in [5, 5.41) is 2.97. The lowest BCUT2D eigenvalue weighted by molar-refractivity contribution is -0.136. The van der Waals surface area contributed by atoms with Crippen LogP contribution in [0.5, 0.6) is 0 Å². The maximum atomic E-state index is 12.7. The van der Waals surface area contributed by atoms with E-state index in [1.807, 2.05) is 49.1 Å². The summed E-state index contributed by atoms with van der Waals surface area (Å²) in [6, 6.07) is 9.95. The first-order valence-corrected chi connectivity index (χ1v) is 7.75. The summed E-state index contributed by atoms with van der Waals surface area (Å²) in [5.74, 6) is 0.257. The van der Waals surface area contributed by atoms with Gasteiger partial charge in [0.1, 0.15) is 0 Å². The molecule has 2 amide bonds. The van der Waals surface area contributed by atoms with Gasteiger partial charge in [-0.2, -0.15) is 0 Å². The van der Waals surface area contributed by atoms with E-state index in [1.165, 1.54) is 0 Å². The van der Waals surface area contributed by atoms with Crippen LogP contribution in [-0.2, 0) is 15.0 Å². The first kappa shape index (κ1) is 18.5. The van der Waals surface area contributed by atoms with E-state index in [9.17, 15) is 9.59 Å². The lowest BCUT2D eigenvalue weighted by Gasteiger charge is -2.41. The summed E-state index contributed by atoms with van der Waals surface area (Å²) in [5.41, 5.74) is 0.557. The number of rotatable bonds is 4. The van der Waals surface area contributed by atoms with Crippen molar-refractivity contribution in [2.24, 2.45) is 0 Å². The van der Waals surface area contributed by atoms with Crippen molar-refractivity contribution >= 4 is 24.2 Å². The number of amides is 2. The second-order valence-corrected chi connectivity index (χ2v) is 5.54. The van der Waals surface area contributed by atoms with Crippen LogP contribution in [0.3, 0.4) is 0 Å². The Hall–Kier alpha value is -1.55. The molecule has 0 atom stereocenters. The van der Waals surface area contributed by atoms with E-state index in [1.54, 1.807) is 0 Å². The molecule has 5 heteroatoms. The number of nitrogens with one attached hydrogen (secondary N) is 1. The SMILES string of the molecule is CCNC(=O)C1(c2ccccc2)CCN(C(=O)CC)CC1.Cl. The molecular formula is C17H25ClN2O2. The molecule has 1 aromatic carbocycles. The summed E-state index contributed by atoms with van der Waals surface area (Å²) in [4.78, 5) is 26.4. The third kappa shape index (κ3) is 3.61. The van der Waals surface area contributed by atoms with E-state index in [0.717, 1.165) is 5.56 Å². The Bertz CT molecular complexity index is 497. The molecule has 122 valence electrons. The minimum atomic E-state index is -0.498. The number of nitrogens with zero attached hydrogens (tertiary/aromatic N) is 1. The van der Waals surface area contributed by atoms with Crippen molar-refractivity contribution in [3.8, 4) is 0 Å². The third-order valence-corrected chi connectivity index (χ3v) is 4.37. The minimum Gasteiger partial charge on any atom is -0.356 e. The predicted octanol–water partition coefficient (Wildman–Crippen LogP) is 2.51. The fourth-order valence-corrected chi connectivity index (χ4v) is 3.10. The van der Waals surface area contributed by atoms with E-state index >= 15 is 0 Å². The Morgan fingerprint density at radius 3 is 2.23 bits per heavy atom. The van der Waals surface area contributed by atoms with Crippen LogP contribution in [0.25, 0.3) is 0 Å². The lowest BCUT2D eigenvalue weighted by Crippen LogP contribution is -2.52. The average Bonchev–Trinajstić information content (AvgIpc) is 2.55. The minimum absolute atomic E-state index is 0. The summed E-state index contributed by atoms with van der Waals surface area (Å²) in [6.07, 6.45) is 1.91. The fourth-order valence-electron chi connectivity index (χ4n) is 3.10. The summed E-state index contributed by atoms with van der Waals surface area (Å²) >= 11 is 0. The number of hydrogen-bond donors (Lipinski definition) is 1. The quantitative estimate of drug-likeness (QED) is 0.925. The van der Waals surface area contributed by atoms with Crippen LogP contribution in [0, 0.1) is 0 Å². The van der Waals surface area contributed by atoms with Gasteiger partial charge in [0.15, 0.2) is 0 Å². The van der Waals surface area contributed by atoms with E-state index in [2.05, 4.69) is 5.32 Å².